The molecule has 0 radical (unpaired) electrons. The lowest BCUT2D eigenvalue weighted by atomic mass is 10.3. The summed E-state index contributed by atoms with van der Waals surface area (Å²) < 4.78 is 4.72. The number of para-hydroxylation sites is 1. The molecule has 7 heteroatoms. The molecule has 1 N–H and O–H groups in total. The van der Waals surface area contributed by atoms with Gasteiger partial charge in [0.05, 0.1) is 6.61 Å². The number of hydrogen-bond donors (Lipinski definition) is 1. The molecule has 1 aromatic rings. The number of hydrogen-bond acceptors (Lipinski definition) is 4. The predicted molar refractivity (Wildman–Crippen MR) is 80.4 cm³/mol. The van der Waals surface area contributed by atoms with Crippen LogP contribution in [0.1, 0.15) is 6.92 Å². The highest BCUT2D eigenvalue weighted by molar-refractivity contribution is 5.96. The van der Waals surface area contributed by atoms with Gasteiger partial charge in [0.1, 0.15) is 13.1 Å². The highest BCUT2D eigenvalue weighted by atomic mass is 16.5. The lowest BCUT2D eigenvalue weighted by Gasteiger charge is -2.18. The van der Waals surface area contributed by atoms with Crippen LogP contribution in [0.3, 0.4) is 0 Å². The number of carbonyl (C=O) groups excluding carboxylic acids is 3. The summed E-state index contributed by atoms with van der Waals surface area (Å²) in [7, 11) is 0. The van der Waals surface area contributed by atoms with Crippen molar-refractivity contribution >= 4 is 23.6 Å². The van der Waals surface area contributed by atoms with Crippen LogP contribution in [-0.2, 0) is 14.3 Å². The van der Waals surface area contributed by atoms with Crippen molar-refractivity contribution in [1.29, 1.82) is 0 Å². The normalized spacial score (nSPS) is 14.1. The molecule has 1 aliphatic heterocycles. The number of urea groups is 1. The van der Waals surface area contributed by atoms with Crippen LogP contribution >= 0.6 is 0 Å². The van der Waals surface area contributed by atoms with Gasteiger partial charge in [-0.1, -0.05) is 18.2 Å². The van der Waals surface area contributed by atoms with Gasteiger partial charge in [-0.3, -0.25) is 14.5 Å². The van der Waals surface area contributed by atoms with Gasteiger partial charge in [0.15, 0.2) is 0 Å². The predicted octanol–water partition coefficient (Wildman–Crippen LogP) is 0.608. The van der Waals surface area contributed by atoms with E-state index in [4.69, 9.17) is 4.74 Å². The fraction of sp³-hybridized carbons (Fsp3) is 0.400. The van der Waals surface area contributed by atoms with E-state index in [1.165, 1.54) is 4.90 Å². The Balaban J connectivity index is 1.83. The second-order valence-electron chi connectivity index (χ2n) is 4.77. The summed E-state index contributed by atoms with van der Waals surface area (Å²) in [4.78, 5) is 38.3. The molecule has 1 aliphatic rings. The van der Waals surface area contributed by atoms with E-state index in [1.54, 1.807) is 11.8 Å². The van der Waals surface area contributed by atoms with Gasteiger partial charge in [0.25, 0.3) is 0 Å². The molecule has 0 aliphatic carbocycles. The van der Waals surface area contributed by atoms with Crippen molar-refractivity contribution in [2.24, 2.45) is 0 Å². The number of nitrogens with one attached hydrogen (secondary N) is 1. The molecule has 0 unspecified atom stereocenters. The van der Waals surface area contributed by atoms with Crippen molar-refractivity contribution in [1.82, 2.24) is 10.2 Å². The summed E-state index contributed by atoms with van der Waals surface area (Å²) in [5, 5.41) is 2.44. The Hall–Kier alpha value is -2.57. The van der Waals surface area contributed by atoms with Crippen molar-refractivity contribution in [2.75, 3.05) is 37.7 Å². The maximum Gasteiger partial charge on any atom is 0.325 e. The third kappa shape index (κ3) is 3.97. The third-order valence-electron chi connectivity index (χ3n) is 3.23. The molecule has 2 rings (SSSR count). The second kappa shape index (κ2) is 7.44. The van der Waals surface area contributed by atoms with Crippen LogP contribution in [0.4, 0.5) is 10.5 Å². The molecule has 0 saturated carbocycles. The van der Waals surface area contributed by atoms with Gasteiger partial charge in [-0.15, -0.1) is 0 Å². The van der Waals surface area contributed by atoms with Gasteiger partial charge in [0, 0.05) is 18.8 Å². The SMILES string of the molecule is CCOC(=O)CNC(=O)CN1CCN(c2ccccc2)C1=O. The summed E-state index contributed by atoms with van der Waals surface area (Å²) in [5.41, 5.74) is 0.807. The Bertz CT molecular complexity index is 547. The maximum atomic E-state index is 12.3. The van der Waals surface area contributed by atoms with Crippen LogP contribution in [0.15, 0.2) is 30.3 Å². The Morgan fingerprint density at radius 1 is 1.23 bits per heavy atom. The number of nitrogens with zero attached hydrogens (tertiary/aromatic N) is 2. The standard InChI is InChI=1S/C15H19N3O4/c1-2-22-14(20)10-16-13(19)11-17-8-9-18(15(17)21)12-6-4-3-5-7-12/h3-7H,2,8-11H2,1H3,(H,16,19). The highest BCUT2D eigenvalue weighted by Gasteiger charge is 2.30. The monoisotopic (exact) mass is 305 g/mol. The zero-order chi connectivity index (χ0) is 15.9. The van der Waals surface area contributed by atoms with E-state index in [1.807, 2.05) is 30.3 Å². The van der Waals surface area contributed by atoms with E-state index in [0.29, 0.717) is 13.1 Å². The molecular weight excluding hydrogens is 286 g/mol. The van der Waals surface area contributed by atoms with E-state index in [9.17, 15) is 14.4 Å². The molecule has 3 amide bonds. The quantitative estimate of drug-likeness (QED) is 0.781. The summed E-state index contributed by atoms with van der Waals surface area (Å²) >= 11 is 0. The smallest absolute Gasteiger partial charge is 0.325 e. The van der Waals surface area contributed by atoms with Gasteiger partial charge in [-0.05, 0) is 19.1 Å². The Morgan fingerprint density at radius 2 is 1.95 bits per heavy atom. The first-order valence-corrected chi connectivity index (χ1v) is 7.15. The molecule has 0 bridgehead atoms. The Labute approximate surface area is 128 Å². The van der Waals surface area contributed by atoms with Gasteiger partial charge in [-0.2, -0.15) is 0 Å². The van der Waals surface area contributed by atoms with Crippen LogP contribution in [-0.4, -0.2) is 55.6 Å². The Kier molecular flexibility index (Phi) is 5.35. The average Bonchev–Trinajstić information content (AvgIpc) is 2.87. The number of amides is 3. The van der Waals surface area contributed by atoms with Crippen LogP contribution in [0, 0.1) is 0 Å². The van der Waals surface area contributed by atoms with Crippen LogP contribution < -0.4 is 10.2 Å². The number of carbonyl (C=O) groups is 3. The zero-order valence-electron chi connectivity index (χ0n) is 12.4. The first-order valence-electron chi connectivity index (χ1n) is 7.15. The minimum atomic E-state index is -0.491. The molecule has 118 valence electrons. The van der Waals surface area contributed by atoms with Gasteiger partial charge >= 0.3 is 12.0 Å². The number of anilines is 1. The molecule has 0 spiro atoms. The van der Waals surface area contributed by atoms with Gasteiger partial charge < -0.3 is 15.0 Å². The van der Waals surface area contributed by atoms with E-state index in [2.05, 4.69) is 5.32 Å². The zero-order valence-corrected chi connectivity index (χ0v) is 12.4. The van der Waals surface area contributed by atoms with Crippen LogP contribution in [0.2, 0.25) is 0 Å². The highest BCUT2D eigenvalue weighted by Crippen LogP contribution is 2.19. The summed E-state index contributed by atoms with van der Waals surface area (Å²) in [5.74, 6) is -0.870. The topological polar surface area (TPSA) is 79.0 Å². The lowest BCUT2D eigenvalue weighted by molar-refractivity contribution is -0.143. The third-order valence-corrected chi connectivity index (χ3v) is 3.23. The molecule has 0 atom stereocenters. The number of esters is 1. The summed E-state index contributed by atoms with van der Waals surface area (Å²) in [6, 6.07) is 9.08. The largest absolute Gasteiger partial charge is 0.465 e. The van der Waals surface area contributed by atoms with E-state index in [-0.39, 0.29) is 31.6 Å². The average molecular weight is 305 g/mol. The summed E-state index contributed by atoms with van der Waals surface area (Å²) in [6.45, 7) is 2.72. The molecule has 22 heavy (non-hydrogen) atoms. The fourth-order valence-corrected chi connectivity index (χ4v) is 2.19. The molecule has 1 aromatic carbocycles. The molecular formula is C15H19N3O4. The molecule has 1 heterocycles. The second-order valence-corrected chi connectivity index (χ2v) is 4.77. The van der Waals surface area contributed by atoms with Crippen molar-refractivity contribution in [3.63, 3.8) is 0 Å². The lowest BCUT2D eigenvalue weighted by Crippen LogP contribution is -2.41. The van der Waals surface area contributed by atoms with E-state index < -0.39 is 5.97 Å². The van der Waals surface area contributed by atoms with Crippen LogP contribution in [0.5, 0.6) is 0 Å². The first kappa shape index (κ1) is 15.8. The Morgan fingerprint density at radius 3 is 2.64 bits per heavy atom. The molecule has 7 nitrogen and oxygen atoms in total. The molecule has 0 aromatic heterocycles. The minimum absolute atomic E-state index is 0.0679. The van der Waals surface area contributed by atoms with Crippen molar-refractivity contribution in [3.8, 4) is 0 Å². The van der Waals surface area contributed by atoms with Crippen molar-refractivity contribution < 1.29 is 19.1 Å². The fourth-order valence-electron chi connectivity index (χ4n) is 2.19. The van der Waals surface area contributed by atoms with Crippen molar-refractivity contribution in [3.05, 3.63) is 30.3 Å². The number of rotatable bonds is 6. The van der Waals surface area contributed by atoms with E-state index in [0.717, 1.165) is 5.69 Å². The minimum Gasteiger partial charge on any atom is -0.465 e. The maximum absolute atomic E-state index is 12.3. The number of ether oxygens (including phenoxy) is 1. The first-order chi connectivity index (χ1) is 10.6. The van der Waals surface area contributed by atoms with Crippen molar-refractivity contribution in [2.45, 2.75) is 6.92 Å². The van der Waals surface area contributed by atoms with Gasteiger partial charge in [-0.25, -0.2) is 4.79 Å². The van der Waals surface area contributed by atoms with Crippen LogP contribution in [0.25, 0.3) is 0 Å². The van der Waals surface area contributed by atoms with E-state index >= 15 is 0 Å². The summed E-state index contributed by atoms with van der Waals surface area (Å²) in [6.07, 6.45) is 0. The number of benzene rings is 1. The molecule has 1 saturated heterocycles. The van der Waals surface area contributed by atoms with Gasteiger partial charge in [0.2, 0.25) is 5.91 Å². The molecule has 1 fully saturated rings.